The predicted molar refractivity (Wildman–Crippen MR) is 84.1 cm³/mol. The van der Waals surface area contributed by atoms with Crippen LogP contribution < -0.4 is 5.32 Å². The summed E-state index contributed by atoms with van der Waals surface area (Å²) in [6, 6.07) is 9.21. The third-order valence-electron chi connectivity index (χ3n) is 3.58. The van der Waals surface area contributed by atoms with Crippen LogP contribution in [-0.2, 0) is 20.9 Å². The van der Waals surface area contributed by atoms with Crippen molar-refractivity contribution in [1.82, 2.24) is 10.2 Å². The molecule has 2 atom stereocenters. The average Bonchev–Trinajstić information content (AvgIpc) is 2.44. The highest BCUT2D eigenvalue weighted by Gasteiger charge is 2.48. The molecule has 1 aliphatic rings. The summed E-state index contributed by atoms with van der Waals surface area (Å²) >= 11 is 0. The van der Waals surface area contributed by atoms with E-state index in [9.17, 15) is 9.59 Å². The number of likely N-dealkylation sites (tertiary alicyclic amines) is 1. The second kappa shape index (κ2) is 6.48. The SMILES string of the molecule is CC(=O)NC1C(=O)N(Cc2ccccc2)[C@@H]1COC(C)(C)C. The lowest BCUT2D eigenvalue weighted by Gasteiger charge is -2.47. The summed E-state index contributed by atoms with van der Waals surface area (Å²) in [6.45, 7) is 8.29. The van der Waals surface area contributed by atoms with Crippen LogP contribution in [0.1, 0.15) is 33.3 Å². The monoisotopic (exact) mass is 304 g/mol. The van der Waals surface area contributed by atoms with E-state index in [0.717, 1.165) is 5.56 Å². The molecule has 0 aromatic heterocycles. The highest BCUT2D eigenvalue weighted by Crippen LogP contribution is 2.25. The fraction of sp³-hybridized carbons (Fsp3) is 0.529. The van der Waals surface area contributed by atoms with Crippen molar-refractivity contribution in [2.45, 2.75) is 51.9 Å². The number of β-lactam (4-membered cyclic amide) rings is 1. The Kier molecular flexibility index (Phi) is 4.86. The van der Waals surface area contributed by atoms with E-state index in [4.69, 9.17) is 4.74 Å². The zero-order chi connectivity index (χ0) is 16.3. The van der Waals surface area contributed by atoms with Crippen LogP contribution in [0.25, 0.3) is 0 Å². The van der Waals surface area contributed by atoms with Crippen LogP contribution in [0.15, 0.2) is 30.3 Å². The van der Waals surface area contributed by atoms with Crippen molar-refractivity contribution in [1.29, 1.82) is 0 Å². The van der Waals surface area contributed by atoms with E-state index in [0.29, 0.717) is 13.2 Å². The zero-order valence-corrected chi connectivity index (χ0v) is 13.6. The Morgan fingerprint density at radius 3 is 2.45 bits per heavy atom. The highest BCUT2D eigenvalue weighted by molar-refractivity contribution is 5.93. The smallest absolute Gasteiger partial charge is 0.248 e. The third kappa shape index (κ3) is 4.07. The molecule has 5 heteroatoms. The Hall–Kier alpha value is -1.88. The van der Waals surface area contributed by atoms with Crippen molar-refractivity contribution in [2.75, 3.05) is 6.61 Å². The second-order valence-corrected chi connectivity index (χ2v) is 6.62. The first-order valence-electron chi connectivity index (χ1n) is 7.53. The van der Waals surface area contributed by atoms with Gasteiger partial charge >= 0.3 is 0 Å². The van der Waals surface area contributed by atoms with Gasteiger partial charge in [-0.05, 0) is 26.3 Å². The average molecular weight is 304 g/mol. The first kappa shape index (κ1) is 16.5. The molecule has 120 valence electrons. The van der Waals surface area contributed by atoms with Crippen LogP contribution in [0.4, 0.5) is 0 Å². The fourth-order valence-corrected chi connectivity index (χ4v) is 2.48. The summed E-state index contributed by atoms with van der Waals surface area (Å²) in [4.78, 5) is 25.3. The first-order chi connectivity index (χ1) is 10.3. The van der Waals surface area contributed by atoms with Crippen LogP contribution >= 0.6 is 0 Å². The van der Waals surface area contributed by atoms with Gasteiger partial charge in [-0.1, -0.05) is 30.3 Å². The van der Waals surface area contributed by atoms with Crippen molar-refractivity contribution in [3.05, 3.63) is 35.9 Å². The van der Waals surface area contributed by atoms with Gasteiger partial charge in [0.1, 0.15) is 6.04 Å². The van der Waals surface area contributed by atoms with E-state index >= 15 is 0 Å². The lowest BCUT2D eigenvalue weighted by atomic mass is 9.94. The molecule has 0 radical (unpaired) electrons. The maximum Gasteiger partial charge on any atom is 0.248 e. The summed E-state index contributed by atoms with van der Waals surface area (Å²) in [6.07, 6.45) is 0. The number of hydrogen-bond acceptors (Lipinski definition) is 3. The topological polar surface area (TPSA) is 58.6 Å². The number of nitrogens with one attached hydrogen (secondary N) is 1. The lowest BCUT2D eigenvalue weighted by molar-refractivity contribution is -0.161. The molecule has 1 aromatic rings. The molecule has 0 saturated carbocycles. The molecule has 2 rings (SSSR count). The molecule has 0 spiro atoms. The summed E-state index contributed by atoms with van der Waals surface area (Å²) < 4.78 is 5.82. The molecule has 1 aliphatic heterocycles. The number of amides is 2. The van der Waals surface area contributed by atoms with Gasteiger partial charge in [0.05, 0.1) is 18.2 Å². The Morgan fingerprint density at radius 1 is 1.27 bits per heavy atom. The number of ether oxygens (including phenoxy) is 1. The van der Waals surface area contributed by atoms with Crippen LogP contribution in [-0.4, -0.2) is 41.0 Å². The van der Waals surface area contributed by atoms with Gasteiger partial charge in [0.2, 0.25) is 11.8 Å². The van der Waals surface area contributed by atoms with E-state index in [2.05, 4.69) is 5.32 Å². The van der Waals surface area contributed by atoms with Crippen LogP contribution in [0.2, 0.25) is 0 Å². The van der Waals surface area contributed by atoms with Gasteiger partial charge in [0.25, 0.3) is 0 Å². The van der Waals surface area contributed by atoms with Crippen molar-refractivity contribution >= 4 is 11.8 Å². The zero-order valence-electron chi connectivity index (χ0n) is 13.6. The van der Waals surface area contributed by atoms with E-state index in [-0.39, 0.29) is 23.5 Å². The van der Waals surface area contributed by atoms with Gasteiger partial charge in [0.15, 0.2) is 0 Å². The van der Waals surface area contributed by atoms with E-state index in [1.54, 1.807) is 4.90 Å². The molecule has 0 bridgehead atoms. The summed E-state index contributed by atoms with van der Waals surface area (Å²) in [5.41, 5.74) is 0.788. The van der Waals surface area contributed by atoms with E-state index in [1.165, 1.54) is 6.92 Å². The first-order valence-corrected chi connectivity index (χ1v) is 7.53. The Bertz CT molecular complexity index is 537. The molecule has 5 nitrogen and oxygen atoms in total. The molecule has 0 aliphatic carbocycles. The summed E-state index contributed by atoms with van der Waals surface area (Å²) in [5.74, 6) is -0.250. The normalized spacial score (nSPS) is 21.5. The van der Waals surface area contributed by atoms with Crippen molar-refractivity contribution in [3.8, 4) is 0 Å². The molecule has 1 heterocycles. The fourth-order valence-electron chi connectivity index (χ4n) is 2.48. The van der Waals surface area contributed by atoms with Crippen LogP contribution in [0, 0.1) is 0 Å². The number of carbonyl (C=O) groups is 2. The molecule has 22 heavy (non-hydrogen) atoms. The number of rotatable bonds is 5. The maximum absolute atomic E-state index is 12.3. The van der Waals surface area contributed by atoms with Gasteiger partial charge in [-0.25, -0.2) is 0 Å². The molecule has 1 saturated heterocycles. The highest BCUT2D eigenvalue weighted by atomic mass is 16.5. The minimum absolute atomic E-state index is 0.0541. The largest absolute Gasteiger partial charge is 0.374 e. The maximum atomic E-state index is 12.3. The number of nitrogens with zero attached hydrogens (tertiary/aromatic N) is 1. The Morgan fingerprint density at radius 2 is 1.91 bits per heavy atom. The third-order valence-corrected chi connectivity index (χ3v) is 3.58. The van der Waals surface area contributed by atoms with Gasteiger partial charge in [-0.15, -0.1) is 0 Å². The second-order valence-electron chi connectivity index (χ2n) is 6.62. The Labute approximate surface area is 131 Å². The van der Waals surface area contributed by atoms with Crippen molar-refractivity contribution in [2.24, 2.45) is 0 Å². The number of carbonyl (C=O) groups excluding carboxylic acids is 2. The van der Waals surface area contributed by atoms with Crippen molar-refractivity contribution in [3.63, 3.8) is 0 Å². The lowest BCUT2D eigenvalue weighted by Crippen LogP contribution is -2.71. The van der Waals surface area contributed by atoms with Crippen LogP contribution in [0.5, 0.6) is 0 Å². The molecule has 1 unspecified atom stereocenters. The minimum Gasteiger partial charge on any atom is -0.374 e. The van der Waals surface area contributed by atoms with E-state index in [1.807, 2.05) is 51.1 Å². The minimum atomic E-state index is -0.483. The van der Waals surface area contributed by atoms with Crippen LogP contribution in [0.3, 0.4) is 0 Å². The standard InChI is InChI=1S/C17H24N2O3/c1-12(20)18-15-14(11-22-17(2,3)4)19(16(15)21)10-13-8-6-5-7-9-13/h5-9,14-15H,10-11H2,1-4H3,(H,18,20)/t14-,15?/m1/s1. The number of benzene rings is 1. The van der Waals surface area contributed by atoms with Gasteiger partial charge in [0, 0.05) is 13.5 Å². The Balaban J connectivity index is 2.06. The quantitative estimate of drug-likeness (QED) is 0.843. The number of hydrogen-bond donors (Lipinski definition) is 1. The summed E-state index contributed by atoms with van der Waals surface area (Å²) in [7, 11) is 0. The van der Waals surface area contributed by atoms with Crippen molar-refractivity contribution < 1.29 is 14.3 Å². The van der Waals surface area contributed by atoms with E-state index < -0.39 is 6.04 Å². The molecule has 1 aromatic carbocycles. The molecule has 1 N–H and O–H groups in total. The molecular weight excluding hydrogens is 280 g/mol. The van der Waals surface area contributed by atoms with Gasteiger partial charge in [-0.2, -0.15) is 0 Å². The molecular formula is C17H24N2O3. The van der Waals surface area contributed by atoms with Gasteiger partial charge < -0.3 is 15.0 Å². The molecule has 1 fully saturated rings. The molecule has 2 amide bonds. The summed E-state index contributed by atoms with van der Waals surface area (Å²) in [5, 5.41) is 2.72. The predicted octanol–water partition coefficient (Wildman–Crippen LogP) is 1.72. The van der Waals surface area contributed by atoms with Gasteiger partial charge in [-0.3, -0.25) is 9.59 Å².